The Bertz CT molecular complexity index is 857. The summed E-state index contributed by atoms with van der Waals surface area (Å²) in [6.45, 7) is 4.32. The van der Waals surface area contributed by atoms with E-state index in [0.29, 0.717) is 18.9 Å². The largest absolute Gasteiger partial charge is 0.384 e. The average molecular weight is 519 g/mol. The maximum Gasteiger partial charge on any atom is 0.241 e. The number of carbonyl (C=O) groups excluding carboxylic acids is 1. The molecule has 35 heavy (non-hydrogen) atoms. The number of likely N-dealkylation sites (tertiary alicyclic amines) is 1. The molecule has 0 aromatic rings. The molecule has 0 radical (unpaired) electrons. The average Bonchev–Trinajstić information content (AvgIpc) is 3.55. The Kier molecular flexibility index (Phi) is 8.19. The fraction of sp³-hybridized carbons (Fsp3) is 0.962. The smallest absolute Gasteiger partial charge is 0.241 e. The molecule has 3 aliphatic carbocycles. The van der Waals surface area contributed by atoms with Crippen molar-refractivity contribution >= 4 is 15.9 Å². The zero-order valence-corrected chi connectivity index (χ0v) is 22.4. The van der Waals surface area contributed by atoms with Crippen LogP contribution in [0.4, 0.5) is 8.78 Å². The maximum atomic E-state index is 16.1. The van der Waals surface area contributed by atoms with Crippen LogP contribution in [-0.2, 0) is 19.6 Å². The molecule has 6 nitrogen and oxygen atoms in total. The summed E-state index contributed by atoms with van der Waals surface area (Å²) in [6, 6.07) is -2.54. The Hall–Kier alpha value is -0.800. The summed E-state index contributed by atoms with van der Waals surface area (Å²) in [5.74, 6) is 0.167. The number of amides is 1. The number of sulfonamides is 1. The van der Waals surface area contributed by atoms with E-state index in [1.54, 1.807) is 12.0 Å². The minimum atomic E-state index is -4.12. The molecule has 0 bridgehead atoms. The van der Waals surface area contributed by atoms with Crippen LogP contribution >= 0.6 is 0 Å². The molecule has 5 atom stereocenters. The predicted octanol–water partition coefficient (Wildman–Crippen LogP) is 4.59. The minimum absolute atomic E-state index is 0.0559. The van der Waals surface area contributed by atoms with E-state index in [2.05, 4.69) is 4.72 Å². The number of rotatable bonds is 9. The van der Waals surface area contributed by atoms with Crippen molar-refractivity contribution in [3.63, 3.8) is 0 Å². The molecular formula is C26H44F2N2O4S. The highest BCUT2D eigenvalue weighted by Gasteiger charge is 2.62. The van der Waals surface area contributed by atoms with E-state index in [9.17, 15) is 17.6 Å². The molecule has 3 saturated carbocycles. The second-order valence-corrected chi connectivity index (χ2v) is 14.1. The highest BCUT2D eigenvalue weighted by Crippen LogP contribution is 2.57. The molecule has 0 aromatic heterocycles. The van der Waals surface area contributed by atoms with Crippen LogP contribution in [0.15, 0.2) is 0 Å². The van der Waals surface area contributed by atoms with Crippen LogP contribution in [0.1, 0.15) is 84.5 Å². The van der Waals surface area contributed by atoms with E-state index >= 15 is 4.39 Å². The molecule has 9 heteroatoms. The highest BCUT2D eigenvalue weighted by atomic mass is 32.2. The number of halogens is 2. The van der Waals surface area contributed by atoms with Crippen molar-refractivity contribution in [3.05, 3.63) is 0 Å². The van der Waals surface area contributed by atoms with E-state index in [-0.39, 0.29) is 29.8 Å². The van der Waals surface area contributed by atoms with Gasteiger partial charge in [-0.2, -0.15) is 0 Å². The van der Waals surface area contributed by atoms with Gasteiger partial charge in [-0.3, -0.25) is 4.79 Å². The third-order valence-corrected chi connectivity index (χ3v) is 10.3. The first-order valence-electron chi connectivity index (χ1n) is 13.5. The minimum Gasteiger partial charge on any atom is -0.384 e. The Balaban J connectivity index is 1.59. The molecule has 1 amide bonds. The van der Waals surface area contributed by atoms with Crippen molar-refractivity contribution in [2.24, 2.45) is 28.6 Å². The van der Waals surface area contributed by atoms with Crippen molar-refractivity contribution in [1.82, 2.24) is 9.62 Å². The molecule has 1 N–H and O–H groups in total. The standard InChI is InChI=1S/C26H44F2N2O4S/c1-25(2,16-34-3)24(31)30-15-26(12-13-26)23(29-35(32,33)17-27)21(30)14-19-10-7-11-20(22(19)28)18-8-5-4-6-9-18/h18-23,29H,4-17H2,1-3H3/t19?,20?,21-,22?,23+/m0/s1. The first-order valence-corrected chi connectivity index (χ1v) is 15.2. The second kappa shape index (κ2) is 10.5. The van der Waals surface area contributed by atoms with Gasteiger partial charge >= 0.3 is 0 Å². The molecule has 4 rings (SSSR count). The van der Waals surface area contributed by atoms with Crippen molar-refractivity contribution in [2.45, 2.75) is 103 Å². The summed E-state index contributed by atoms with van der Waals surface area (Å²) in [5, 5.41) is 0. The number of carbonyl (C=O) groups is 1. The highest BCUT2D eigenvalue weighted by molar-refractivity contribution is 7.89. The number of methoxy groups -OCH3 is 1. The van der Waals surface area contributed by atoms with Crippen LogP contribution in [0, 0.1) is 28.6 Å². The fourth-order valence-corrected chi connectivity index (χ4v) is 8.25. The lowest BCUT2D eigenvalue weighted by Gasteiger charge is -2.42. The van der Waals surface area contributed by atoms with Gasteiger partial charge in [0, 0.05) is 31.2 Å². The van der Waals surface area contributed by atoms with E-state index in [1.165, 1.54) is 19.3 Å². The molecule has 202 valence electrons. The van der Waals surface area contributed by atoms with Gasteiger partial charge in [0.2, 0.25) is 21.9 Å². The number of nitrogens with one attached hydrogen (secondary N) is 1. The lowest BCUT2D eigenvalue weighted by Crippen LogP contribution is -2.53. The summed E-state index contributed by atoms with van der Waals surface area (Å²) in [6.07, 6.45) is 9.45. The van der Waals surface area contributed by atoms with Crippen molar-refractivity contribution in [2.75, 3.05) is 26.3 Å². The van der Waals surface area contributed by atoms with Gasteiger partial charge < -0.3 is 9.64 Å². The van der Waals surface area contributed by atoms with Crippen LogP contribution in [0.25, 0.3) is 0 Å². The Labute approximate surface area is 210 Å². The SMILES string of the molecule is COCC(C)(C)C(=O)N1CC2(CC2)[C@H](NS(=O)(=O)CF)[C@@H]1CC1CCCC(C2CCCCC2)C1F. The number of nitrogens with zero attached hydrogens (tertiary/aromatic N) is 1. The zero-order valence-electron chi connectivity index (χ0n) is 21.6. The Morgan fingerprint density at radius 3 is 2.40 bits per heavy atom. The van der Waals surface area contributed by atoms with Gasteiger partial charge in [-0.25, -0.2) is 21.9 Å². The number of ether oxygens (including phenoxy) is 1. The summed E-state index contributed by atoms with van der Waals surface area (Å²) >= 11 is 0. The van der Waals surface area contributed by atoms with E-state index in [1.807, 2.05) is 13.8 Å². The summed E-state index contributed by atoms with van der Waals surface area (Å²) in [7, 11) is -2.56. The Morgan fingerprint density at radius 1 is 1.11 bits per heavy atom. The van der Waals surface area contributed by atoms with E-state index < -0.39 is 39.7 Å². The van der Waals surface area contributed by atoms with Crippen LogP contribution in [0.2, 0.25) is 0 Å². The topological polar surface area (TPSA) is 75.7 Å². The van der Waals surface area contributed by atoms with Crippen molar-refractivity contribution in [3.8, 4) is 0 Å². The van der Waals surface area contributed by atoms with Crippen LogP contribution in [0.3, 0.4) is 0 Å². The maximum absolute atomic E-state index is 16.1. The van der Waals surface area contributed by atoms with Gasteiger partial charge in [0.05, 0.1) is 12.0 Å². The van der Waals surface area contributed by atoms with Gasteiger partial charge in [0.25, 0.3) is 0 Å². The first kappa shape index (κ1) is 27.2. The van der Waals surface area contributed by atoms with Crippen LogP contribution in [-0.4, -0.2) is 63.7 Å². The molecule has 3 unspecified atom stereocenters. The molecule has 4 fully saturated rings. The molecule has 4 aliphatic rings. The lowest BCUT2D eigenvalue weighted by molar-refractivity contribution is -0.144. The summed E-state index contributed by atoms with van der Waals surface area (Å²) in [4.78, 5) is 15.5. The van der Waals surface area contributed by atoms with E-state index in [0.717, 1.165) is 44.9 Å². The van der Waals surface area contributed by atoms with Gasteiger partial charge in [-0.15, -0.1) is 0 Å². The molecule has 1 heterocycles. The molecule has 0 aromatic carbocycles. The van der Waals surface area contributed by atoms with Gasteiger partial charge in [0.1, 0.15) is 6.17 Å². The van der Waals surface area contributed by atoms with Gasteiger partial charge in [0.15, 0.2) is 0 Å². The van der Waals surface area contributed by atoms with E-state index in [4.69, 9.17) is 4.74 Å². The fourth-order valence-electron chi connectivity index (χ4n) is 7.40. The monoisotopic (exact) mass is 518 g/mol. The van der Waals surface area contributed by atoms with Crippen molar-refractivity contribution < 1.29 is 26.7 Å². The number of hydrogen-bond donors (Lipinski definition) is 1. The van der Waals surface area contributed by atoms with Crippen molar-refractivity contribution in [1.29, 1.82) is 0 Å². The summed E-state index contributed by atoms with van der Waals surface area (Å²) < 4.78 is 61.9. The Morgan fingerprint density at radius 2 is 1.80 bits per heavy atom. The quantitative estimate of drug-likeness (QED) is 0.485. The third-order valence-electron chi connectivity index (χ3n) is 9.39. The van der Waals surface area contributed by atoms with Crippen LogP contribution in [0.5, 0.6) is 0 Å². The normalized spacial score (nSPS) is 33.9. The second-order valence-electron chi connectivity index (χ2n) is 12.4. The molecular weight excluding hydrogens is 474 g/mol. The molecule has 1 aliphatic heterocycles. The van der Waals surface area contributed by atoms with Gasteiger partial charge in [-0.1, -0.05) is 38.5 Å². The third kappa shape index (κ3) is 5.71. The number of hydrogen-bond acceptors (Lipinski definition) is 4. The first-order chi connectivity index (χ1) is 16.5. The number of alkyl halides is 2. The van der Waals surface area contributed by atoms with Crippen LogP contribution < -0.4 is 4.72 Å². The zero-order chi connectivity index (χ0) is 25.4. The van der Waals surface area contributed by atoms with Gasteiger partial charge in [-0.05, 0) is 63.7 Å². The predicted molar refractivity (Wildman–Crippen MR) is 132 cm³/mol. The lowest BCUT2D eigenvalue weighted by atomic mass is 9.68. The summed E-state index contributed by atoms with van der Waals surface area (Å²) in [5.41, 5.74) is -1.17. The molecule has 1 saturated heterocycles. The molecule has 1 spiro atoms.